The molecular weight excluding hydrogens is 291 g/mol. The standard InChI is InChI=1S/C14H19FN4OS/c1-10(18-21(20)14(2,3)4)11-5-6-13(16-7-11)19-9-12(15)8-17-19/h5-10,18H,1-4H3/t10-,21+/m0/s1. The van der Waals surface area contributed by atoms with E-state index in [2.05, 4.69) is 14.8 Å². The van der Waals surface area contributed by atoms with Gasteiger partial charge in [-0.25, -0.2) is 14.1 Å². The number of hydrogen-bond donors (Lipinski definition) is 1. The highest BCUT2D eigenvalue weighted by Gasteiger charge is 2.28. The Morgan fingerprint density at radius 1 is 1.33 bits per heavy atom. The largest absolute Gasteiger partial charge is 0.598 e. The zero-order valence-electron chi connectivity index (χ0n) is 12.5. The van der Waals surface area contributed by atoms with Crippen molar-refractivity contribution in [1.29, 1.82) is 0 Å². The Kier molecular flexibility index (Phi) is 4.65. The van der Waals surface area contributed by atoms with Gasteiger partial charge in [-0.2, -0.15) is 5.10 Å². The van der Waals surface area contributed by atoms with Crippen molar-refractivity contribution in [2.24, 2.45) is 0 Å². The van der Waals surface area contributed by atoms with Crippen molar-refractivity contribution in [3.05, 3.63) is 42.1 Å². The molecule has 2 heterocycles. The Labute approximate surface area is 126 Å². The van der Waals surface area contributed by atoms with Gasteiger partial charge < -0.3 is 4.55 Å². The second kappa shape index (κ2) is 6.13. The highest BCUT2D eigenvalue weighted by molar-refractivity contribution is 7.90. The van der Waals surface area contributed by atoms with Gasteiger partial charge in [-0.15, -0.1) is 4.72 Å². The molecule has 5 nitrogen and oxygen atoms in total. The lowest BCUT2D eigenvalue weighted by atomic mass is 10.1. The first-order valence-electron chi connectivity index (χ1n) is 6.62. The molecule has 0 spiro atoms. The average Bonchev–Trinajstić information content (AvgIpc) is 2.84. The van der Waals surface area contributed by atoms with Crippen molar-refractivity contribution in [1.82, 2.24) is 19.5 Å². The van der Waals surface area contributed by atoms with Gasteiger partial charge in [0.05, 0.1) is 18.4 Å². The number of nitrogens with zero attached hydrogens (tertiary/aromatic N) is 3. The van der Waals surface area contributed by atoms with Crippen LogP contribution in [0.15, 0.2) is 30.7 Å². The maximum Gasteiger partial charge on any atom is 0.161 e. The quantitative estimate of drug-likeness (QED) is 0.881. The van der Waals surface area contributed by atoms with Gasteiger partial charge in [0.25, 0.3) is 0 Å². The van der Waals surface area contributed by atoms with Gasteiger partial charge in [0.2, 0.25) is 0 Å². The van der Waals surface area contributed by atoms with E-state index < -0.39 is 17.2 Å². The summed E-state index contributed by atoms with van der Waals surface area (Å²) in [6, 6.07) is 3.51. The first-order valence-corrected chi connectivity index (χ1v) is 7.77. The summed E-state index contributed by atoms with van der Waals surface area (Å²) in [4.78, 5) is 4.25. The SMILES string of the molecule is C[C@H](N[S@+]([O-])C(C)(C)C)c1ccc(-n2cc(F)cn2)nc1. The summed E-state index contributed by atoms with van der Waals surface area (Å²) in [6.45, 7) is 7.66. The third kappa shape index (κ3) is 4.03. The zero-order chi connectivity index (χ0) is 15.6. The number of rotatable bonds is 4. The van der Waals surface area contributed by atoms with E-state index >= 15 is 0 Å². The van der Waals surface area contributed by atoms with Crippen molar-refractivity contribution in [2.45, 2.75) is 38.5 Å². The summed E-state index contributed by atoms with van der Waals surface area (Å²) in [7, 11) is 0. The lowest BCUT2D eigenvalue weighted by Crippen LogP contribution is -2.40. The molecule has 0 unspecified atom stereocenters. The van der Waals surface area contributed by atoms with E-state index in [4.69, 9.17) is 0 Å². The molecule has 2 rings (SSSR count). The van der Waals surface area contributed by atoms with Gasteiger partial charge in [0.1, 0.15) is 4.75 Å². The smallest absolute Gasteiger partial charge is 0.161 e. The molecule has 0 aromatic carbocycles. The molecule has 7 heteroatoms. The zero-order valence-corrected chi connectivity index (χ0v) is 13.3. The predicted octanol–water partition coefficient (Wildman–Crippen LogP) is 2.52. The Balaban J connectivity index is 2.08. The summed E-state index contributed by atoms with van der Waals surface area (Å²) in [5, 5.41) is 3.86. The number of aromatic nitrogens is 3. The molecule has 0 aliphatic rings. The average molecular weight is 310 g/mol. The molecule has 0 fully saturated rings. The number of hydrogen-bond acceptors (Lipinski definition) is 4. The molecule has 0 saturated heterocycles. The van der Waals surface area contributed by atoms with Crippen LogP contribution < -0.4 is 4.72 Å². The molecule has 0 bridgehead atoms. The summed E-state index contributed by atoms with van der Waals surface area (Å²) >= 11 is -1.15. The fraction of sp³-hybridized carbons (Fsp3) is 0.429. The lowest BCUT2D eigenvalue weighted by molar-refractivity contribution is 0.531. The number of halogens is 1. The molecule has 2 atom stereocenters. The summed E-state index contributed by atoms with van der Waals surface area (Å²) in [5.41, 5.74) is 0.906. The molecule has 0 radical (unpaired) electrons. The molecule has 2 aromatic rings. The third-order valence-electron chi connectivity index (χ3n) is 2.90. The maximum absolute atomic E-state index is 12.9. The van der Waals surface area contributed by atoms with Gasteiger partial charge in [-0.3, -0.25) is 0 Å². The van der Waals surface area contributed by atoms with Crippen LogP contribution in [-0.2, 0) is 11.4 Å². The number of pyridine rings is 1. The predicted molar refractivity (Wildman–Crippen MR) is 80.8 cm³/mol. The van der Waals surface area contributed by atoms with E-state index in [1.54, 1.807) is 12.3 Å². The molecule has 2 aromatic heterocycles. The minimum atomic E-state index is -1.15. The van der Waals surface area contributed by atoms with E-state index in [0.717, 1.165) is 11.8 Å². The minimum Gasteiger partial charge on any atom is -0.598 e. The first kappa shape index (κ1) is 15.9. The highest BCUT2D eigenvalue weighted by Crippen LogP contribution is 2.19. The summed E-state index contributed by atoms with van der Waals surface area (Å²) in [5.74, 6) is 0.128. The lowest BCUT2D eigenvalue weighted by Gasteiger charge is -2.26. The topological polar surface area (TPSA) is 65.8 Å². The number of nitrogens with one attached hydrogen (secondary N) is 1. The van der Waals surface area contributed by atoms with Crippen molar-refractivity contribution in [2.75, 3.05) is 0 Å². The van der Waals surface area contributed by atoms with Crippen LogP contribution in [0.1, 0.15) is 39.3 Å². The second-order valence-electron chi connectivity index (χ2n) is 5.77. The normalized spacial score (nSPS) is 15.0. The Bertz CT molecular complexity index is 594. The van der Waals surface area contributed by atoms with Crippen LogP contribution in [0.4, 0.5) is 4.39 Å². The highest BCUT2D eigenvalue weighted by atomic mass is 32.2. The van der Waals surface area contributed by atoms with Crippen LogP contribution in [-0.4, -0.2) is 24.1 Å². The first-order chi connectivity index (χ1) is 9.77. The van der Waals surface area contributed by atoms with Crippen molar-refractivity contribution in [3.8, 4) is 5.82 Å². The molecular formula is C14H19FN4OS. The van der Waals surface area contributed by atoms with E-state index in [0.29, 0.717) is 5.82 Å². The van der Waals surface area contributed by atoms with Gasteiger partial charge in [-0.05, 0) is 39.3 Å². The molecule has 0 aliphatic heterocycles. The molecule has 0 amide bonds. The van der Waals surface area contributed by atoms with Crippen LogP contribution in [0.3, 0.4) is 0 Å². The molecule has 114 valence electrons. The van der Waals surface area contributed by atoms with E-state index in [1.165, 1.54) is 10.9 Å². The van der Waals surface area contributed by atoms with E-state index in [9.17, 15) is 8.94 Å². The van der Waals surface area contributed by atoms with Crippen LogP contribution >= 0.6 is 0 Å². The van der Waals surface area contributed by atoms with Crippen LogP contribution in [0.25, 0.3) is 5.82 Å². The third-order valence-corrected chi connectivity index (χ3v) is 4.58. The van der Waals surface area contributed by atoms with Crippen molar-refractivity contribution >= 4 is 11.4 Å². The molecule has 0 aliphatic carbocycles. The summed E-state index contributed by atoms with van der Waals surface area (Å²) < 4.78 is 29.1. The Hall–Kier alpha value is -1.44. The molecule has 0 saturated carbocycles. The van der Waals surface area contributed by atoms with E-state index in [-0.39, 0.29) is 10.8 Å². The van der Waals surface area contributed by atoms with Gasteiger partial charge in [0, 0.05) is 17.6 Å². The molecule has 1 N–H and O–H groups in total. The minimum absolute atomic E-state index is 0.0963. The maximum atomic E-state index is 12.9. The van der Waals surface area contributed by atoms with Crippen molar-refractivity contribution in [3.63, 3.8) is 0 Å². The molecule has 21 heavy (non-hydrogen) atoms. The van der Waals surface area contributed by atoms with E-state index in [1.807, 2.05) is 33.8 Å². The van der Waals surface area contributed by atoms with Crippen LogP contribution in [0.5, 0.6) is 0 Å². The van der Waals surface area contributed by atoms with Gasteiger partial charge in [-0.1, -0.05) is 6.07 Å². The Morgan fingerprint density at radius 2 is 2.05 bits per heavy atom. The van der Waals surface area contributed by atoms with Crippen molar-refractivity contribution < 1.29 is 8.94 Å². The monoisotopic (exact) mass is 310 g/mol. The van der Waals surface area contributed by atoms with Crippen LogP contribution in [0.2, 0.25) is 0 Å². The summed E-state index contributed by atoms with van der Waals surface area (Å²) in [6.07, 6.45) is 4.07. The fourth-order valence-electron chi connectivity index (χ4n) is 1.62. The van der Waals surface area contributed by atoms with Gasteiger partial charge in [0.15, 0.2) is 11.6 Å². The van der Waals surface area contributed by atoms with Gasteiger partial charge >= 0.3 is 0 Å². The van der Waals surface area contributed by atoms with Crippen LogP contribution in [0, 0.1) is 5.82 Å². The Morgan fingerprint density at radius 3 is 2.52 bits per heavy atom. The second-order valence-corrected chi connectivity index (χ2v) is 7.77. The fourth-order valence-corrected chi connectivity index (χ4v) is 2.43.